The summed E-state index contributed by atoms with van der Waals surface area (Å²) in [5, 5.41) is 5.20. The summed E-state index contributed by atoms with van der Waals surface area (Å²) in [7, 11) is -3.01. The molecule has 0 saturated heterocycles. The minimum Gasteiger partial charge on any atom is -0.495 e. The van der Waals surface area contributed by atoms with E-state index in [0.717, 1.165) is 0 Å². The fourth-order valence-electron chi connectivity index (χ4n) is 2.97. The predicted molar refractivity (Wildman–Crippen MR) is 117 cm³/mol. The van der Waals surface area contributed by atoms with Crippen LogP contribution in [0.1, 0.15) is 21.5 Å². The lowest BCUT2D eigenvalue weighted by Crippen LogP contribution is -2.16. The van der Waals surface area contributed by atoms with E-state index in [0.29, 0.717) is 6.20 Å². The Morgan fingerprint density at radius 1 is 1.15 bits per heavy atom. The Morgan fingerprint density at radius 3 is 2.47 bits per heavy atom. The topological polar surface area (TPSA) is 160 Å². The summed E-state index contributed by atoms with van der Waals surface area (Å²) < 4.78 is 57.1. The summed E-state index contributed by atoms with van der Waals surface area (Å²) in [6, 6.07) is 9.93. The lowest BCUT2D eigenvalue weighted by molar-refractivity contribution is -0.137. The van der Waals surface area contributed by atoms with Gasteiger partial charge in [0.15, 0.2) is 0 Å². The number of carbonyl (C=O) groups is 1. The second kappa shape index (κ2) is 9.67. The van der Waals surface area contributed by atoms with E-state index >= 15 is 0 Å². The Hall–Kier alpha value is -3.67. The molecule has 180 valence electrons. The molecule has 3 aromatic rings. The van der Waals surface area contributed by atoms with Crippen LogP contribution in [-0.2, 0) is 16.9 Å². The average molecular weight is 497 g/mol. The van der Waals surface area contributed by atoms with Crippen LogP contribution in [0.25, 0.3) is 0 Å². The normalized spacial score (nSPS) is 11.7. The monoisotopic (exact) mass is 497 g/mol. The lowest BCUT2D eigenvalue weighted by atomic mass is 10.1. The second-order valence-corrected chi connectivity index (χ2v) is 8.62. The highest BCUT2D eigenvalue weighted by Crippen LogP contribution is 2.41. The van der Waals surface area contributed by atoms with Gasteiger partial charge in [-0.15, -0.1) is 0 Å². The third-order valence-corrected chi connectivity index (χ3v) is 5.22. The van der Waals surface area contributed by atoms with Gasteiger partial charge in [-0.3, -0.25) is 9.36 Å². The highest BCUT2D eigenvalue weighted by atomic mass is 31.2. The molecule has 0 unspecified atom stereocenters. The summed E-state index contributed by atoms with van der Waals surface area (Å²) >= 11 is 0. The van der Waals surface area contributed by atoms with Crippen molar-refractivity contribution in [2.45, 2.75) is 12.3 Å². The SMILES string of the molecule is COc1cc(CP(=O)(O)O)ccc1Nc1ncc(C(F)(F)F)c(Nc2ccccc2C(N)=O)n1. The number of nitrogens with one attached hydrogen (secondary N) is 2. The van der Waals surface area contributed by atoms with Crippen LogP contribution in [0.5, 0.6) is 5.75 Å². The molecule has 14 heteroatoms. The number of nitrogens with two attached hydrogens (primary N) is 1. The van der Waals surface area contributed by atoms with Gasteiger partial charge in [0, 0.05) is 6.20 Å². The number of benzene rings is 2. The first-order chi connectivity index (χ1) is 15.9. The van der Waals surface area contributed by atoms with Crippen molar-refractivity contribution in [3.05, 3.63) is 65.4 Å². The van der Waals surface area contributed by atoms with E-state index in [1.165, 1.54) is 49.6 Å². The highest BCUT2D eigenvalue weighted by molar-refractivity contribution is 7.50. The molecule has 0 aliphatic heterocycles. The Kier molecular flexibility index (Phi) is 7.10. The molecule has 0 atom stereocenters. The number of halogens is 3. The minimum absolute atomic E-state index is 0.0181. The van der Waals surface area contributed by atoms with Gasteiger partial charge in [-0.05, 0) is 29.8 Å². The molecule has 0 radical (unpaired) electrons. The van der Waals surface area contributed by atoms with Gasteiger partial charge in [-0.2, -0.15) is 18.2 Å². The average Bonchev–Trinajstić information content (AvgIpc) is 2.73. The summed E-state index contributed by atoms with van der Waals surface area (Å²) in [6.07, 6.45) is -4.75. The summed E-state index contributed by atoms with van der Waals surface area (Å²) in [6.45, 7) is 0. The first-order valence-corrected chi connectivity index (χ1v) is 11.3. The number of alkyl halides is 3. The molecule has 10 nitrogen and oxygen atoms in total. The lowest BCUT2D eigenvalue weighted by Gasteiger charge is -2.17. The number of anilines is 4. The van der Waals surface area contributed by atoms with Gasteiger partial charge >= 0.3 is 13.8 Å². The van der Waals surface area contributed by atoms with Crippen molar-refractivity contribution in [1.82, 2.24) is 9.97 Å². The molecule has 6 N–H and O–H groups in total. The van der Waals surface area contributed by atoms with Crippen molar-refractivity contribution in [3.63, 3.8) is 0 Å². The van der Waals surface area contributed by atoms with Gasteiger partial charge in [0.05, 0.1) is 30.2 Å². The van der Waals surface area contributed by atoms with Crippen LogP contribution in [-0.4, -0.2) is 32.8 Å². The Bertz CT molecular complexity index is 1270. The molecule has 0 bridgehead atoms. The number of ether oxygens (including phenoxy) is 1. The number of hydrogen-bond acceptors (Lipinski definition) is 7. The predicted octanol–water partition coefficient (Wildman–Crippen LogP) is 3.77. The quantitative estimate of drug-likeness (QED) is 0.292. The number of rotatable bonds is 8. The molecule has 0 aliphatic carbocycles. The minimum atomic E-state index is -4.80. The fraction of sp³-hybridized carbons (Fsp3) is 0.150. The van der Waals surface area contributed by atoms with E-state index in [-0.39, 0.29) is 34.2 Å². The molecule has 3 rings (SSSR count). The van der Waals surface area contributed by atoms with Crippen LogP contribution in [0.3, 0.4) is 0 Å². The molecule has 0 spiro atoms. The Balaban J connectivity index is 1.98. The number of primary amides is 1. The van der Waals surface area contributed by atoms with Crippen LogP contribution in [0.4, 0.5) is 36.3 Å². The number of para-hydroxylation sites is 1. The number of aromatic nitrogens is 2. The molecule has 1 aromatic heterocycles. The third-order valence-electron chi connectivity index (χ3n) is 4.44. The largest absolute Gasteiger partial charge is 0.495 e. The van der Waals surface area contributed by atoms with Gasteiger partial charge in [-0.25, -0.2) is 4.98 Å². The second-order valence-electron chi connectivity index (χ2n) is 6.97. The smallest absolute Gasteiger partial charge is 0.421 e. The first kappa shape index (κ1) is 25.0. The molecule has 1 heterocycles. The van der Waals surface area contributed by atoms with E-state index in [4.69, 9.17) is 20.3 Å². The maximum absolute atomic E-state index is 13.6. The molecule has 0 aliphatic rings. The molecule has 0 saturated carbocycles. The zero-order chi connectivity index (χ0) is 25.1. The van der Waals surface area contributed by atoms with E-state index in [9.17, 15) is 22.5 Å². The first-order valence-electron chi connectivity index (χ1n) is 9.46. The zero-order valence-corrected chi connectivity index (χ0v) is 18.4. The van der Waals surface area contributed by atoms with Crippen LogP contribution >= 0.6 is 7.60 Å². The van der Waals surface area contributed by atoms with Crippen molar-refractivity contribution in [3.8, 4) is 5.75 Å². The van der Waals surface area contributed by atoms with Crippen molar-refractivity contribution < 1.29 is 37.1 Å². The van der Waals surface area contributed by atoms with Crippen LogP contribution in [0.15, 0.2) is 48.7 Å². The van der Waals surface area contributed by atoms with Gasteiger partial charge in [0.25, 0.3) is 5.91 Å². The van der Waals surface area contributed by atoms with Crippen LogP contribution in [0, 0.1) is 0 Å². The summed E-state index contributed by atoms with van der Waals surface area (Å²) in [5.74, 6) is -1.56. The maximum Gasteiger partial charge on any atom is 0.421 e. The molecular weight excluding hydrogens is 478 g/mol. The molecule has 0 fully saturated rings. The number of hydrogen-bond donors (Lipinski definition) is 5. The number of carbonyl (C=O) groups excluding carboxylic acids is 1. The number of methoxy groups -OCH3 is 1. The van der Waals surface area contributed by atoms with Crippen molar-refractivity contribution in [1.29, 1.82) is 0 Å². The van der Waals surface area contributed by atoms with Crippen LogP contribution in [0.2, 0.25) is 0 Å². The van der Waals surface area contributed by atoms with Gasteiger partial charge in [0.1, 0.15) is 17.1 Å². The highest BCUT2D eigenvalue weighted by Gasteiger charge is 2.35. The Morgan fingerprint density at radius 2 is 1.85 bits per heavy atom. The van der Waals surface area contributed by atoms with E-state index in [2.05, 4.69) is 20.6 Å². The molecular formula is C20H19F3N5O5P. The standard InChI is InChI=1S/C20H19F3N5O5P/c1-33-16-8-11(10-34(30,31)32)6-7-15(16)27-19-25-9-13(20(21,22)23)18(28-19)26-14-5-3-2-4-12(14)17(24)29/h2-9H,10H2,1H3,(H2,24,29)(H2,30,31,32)(H2,25,26,27,28). The van der Waals surface area contributed by atoms with Crippen LogP contribution < -0.4 is 21.1 Å². The van der Waals surface area contributed by atoms with E-state index < -0.39 is 37.2 Å². The molecule has 2 aromatic carbocycles. The number of amides is 1. The summed E-state index contributed by atoms with van der Waals surface area (Å²) in [5.41, 5.74) is 4.62. The fourth-order valence-corrected chi connectivity index (χ4v) is 3.65. The van der Waals surface area contributed by atoms with Gasteiger partial charge in [0.2, 0.25) is 5.95 Å². The van der Waals surface area contributed by atoms with Crippen molar-refractivity contribution in [2.24, 2.45) is 5.73 Å². The van der Waals surface area contributed by atoms with Crippen molar-refractivity contribution >= 4 is 36.6 Å². The zero-order valence-electron chi connectivity index (χ0n) is 17.5. The molecule has 34 heavy (non-hydrogen) atoms. The third kappa shape index (κ3) is 6.22. The van der Waals surface area contributed by atoms with E-state index in [1.54, 1.807) is 0 Å². The van der Waals surface area contributed by atoms with Crippen molar-refractivity contribution in [2.75, 3.05) is 17.7 Å². The number of nitrogens with zero attached hydrogens (tertiary/aromatic N) is 2. The van der Waals surface area contributed by atoms with Gasteiger partial charge < -0.3 is 30.9 Å². The maximum atomic E-state index is 13.6. The summed E-state index contributed by atoms with van der Waals surface area (Å²) in [4.78, 5) is 37.5. The molecule has 1 amide bonds. The van der Waals surface area contributed by atoms with Gasteiger partial charge in [-0.1, -0.05) is 18.2 Å². The van der Waals surface area contributed by atoms with E-state index in [1.807, 2.05) is 0 Å². The Labute approximate surface area is 191 Å².